The maximum absolute atomic E-state index is 12.4. The van der Waals surface area contributed by atoms with E-state index in [9.17, 15) is 19.5 Å². The quantitative estimate of drug-likeness (QED) is 0.540. The van der Waals surface area contributed by atoms with Crippen molar-refractivity contribution in [2.24, 2.45) is 11.8 Å². The number of fused-ring (bicyclic) bond motifs is 3. The summed E-state index contributed by atoms with van der Waals surface area (Å²) in [6.45, 7) is 0.774. The molecular weight excluding hydrogens is 422 g/mol. The third-order valence-corrected chi connectivity index (χ3v) is 6.27. The Bertz CT molecular complexity index is 1010. The van der Waals surface area contributed by atoms with Gasteiger partial charge in [-0.15, -0.1) is 0 Å². The second kappa shape index (κ2) is 9.62. The van der Waals surface area contributed by atoms with Crippen molar-refractivity contribution in [1.29, 1.82) is 0 Å². The van der Waals surface area contributed by atoms with Crippen LogP contribution < -0.4 is 10.6 Å². The molecular formula is C25H29N3O5. The summed E-state index contributed by atoms with van der Waals surface area (Å²) < 4.78 is 5.52. The summed E-state index contributed by atoms with van der Waals surface area (Å²) in [6, 6.07) is 15.3. The van der Waals surface area contributed by atoms with E-state index in [1.165, 1.54) is 11.1 Å². The smallest absolute Gasteiger partial charge is 0.407 e. The van der Waals surface area contributed by atoms with E-state index in [1.807, 2.05) is 24.3 Å². The van der Waals surface area contributed by atoms with Crippen molar-refractivity contribution in [3.8, 4) is 11.1 Å². The molecule has 2 aromatic rings. The van der Waals surface area contributed by atoms with Crippen LogP contribution in [0.5, 0.6) is 0 Å². The summed E-state index contributed by atoms with van der Waals surface area (Å²) in [4.78, 5) is 37.7. The standard InChI is InChI=1S/C25H29N3O5/c1-28(2)13-22(24(30)31)27-23(29)20-11-15(20)12-26-25(32)33-14-21-18-9-5-3-7-16(18)17-8-4-6-10-19(17)21/h3-10,15,20-22H,11-14H2,1-2H3,(H,26,32)(H,27,29)(H,30,31)/t15?,20?,22-/m0/s1. The van der Waals surface area contributed by atoms with E-state index in [1.54, 1.807) is 19.0 Å². The van der Waals surface area contributed by atoms with E-state index < -0.39 is 18.1 Å². The normalized spacial score (nSPS) is 19.4. The van der Waals surface area contributed by atoms with E-state index >= 15 is 0 Å². The Balaban J connectivity index is 1.24. The van der Waals surface area contributed by atoms with Gasteiger partial charge in [0.25, 0.3) is 0 Å². The van der Waals surface area contributed by atoms with Gasteiger partial charge in [-0.2, -0.15) is 0 Å². The number of hydrogen-bond acceptors (Lipinski definition) is 5. The maximum Gasteiger partial charge on any atom is 0.407 e. The molecule has 2 amide bonds. The summed E-state index contributed by atoms with van der Waals surface area (Å²) in [6.07, 6.45) is 0.100. The minimum Gasteiger partial charge on any atom is -0.480 e. The fraction of sp³-hybridized carbons (Fsp3) is 0.400. The number of benzene rings is 2. The topological polar surface area (TPSA) is 108 Å². The highest BCUT2D eigenvalue weighted by Gasteiger charge is 2.44. The number of alkyl carbamates (subject to hydrolysis) is 1. The number of ether oxygens (including phenoxy) is 1. The largest absolute Gasteiger partial charge is 0.480 e. The first-order chi connectivity index (χ1) is 15.8. The molecule has 4 rings (SSSR count). The van der Waals surface area contributed by atoms with E-state index in [0.29, 0.717) is 13.0 Å². The number of hydrogen-bond donors (Lipinski definition) is 3. The molecule has 1 fully saturated rings. The zero-order chi connectivity index (χ0) is 23.5. The number of carboxylic acids is 1. The average molecular weight is 452 g/mol. The summed E-state index contributed by atoms with van der Waals surface area (Å²) in [5, 5.41) is 14.6. The van der Waals surface area contributed by atoms with Crippen LogP contribution in [0.4, 0.5) is 4.79 Å². The Hall–Kier alpha value is -3.39. The zero-order valence-corrected chi connectivity index (χ0v) is 18.8. The van der Waals surface area contributed by atoms with Crippen molar-refractivity contribution in [2.45, 2.75) is 18.4 Å². The lowest BCUT2D eigenvalue weighted by atomic mass is 9.98. The second-order valence-corrected chi connectivity index (χ2v) is 8.97. The molecule has 2 unspecified atom stereocenters. The molecule has 0 aliphatic heterocycles. The third kappa shape index (κ3) is 5.17. The van der Waals surface area contributed by atoms with Gasteiger partial charge in [-0.1, -0.05) is 48.5 Å². The molecule has 8 nitrogen and oxygen atoms in total. The molecule has 174 valence electrons. The summed E-state index contributed by atoms with van der Waals surface area (Å²) in [5.74, 6) is -1.66. The van der Waals surface area contributed by atoms with Crippen LogP contribution in [0.1, 0.15) is 23.5 Å². The first-order valence-electron chi connectivity index (χ1n) is 11.1. The Morgan fingerprint density at radius 1 is 1.06 bits per heavy atom. The number of amides is 2. The Morgan fingerprint density at radius 2 is 1.67 bits per heavy atom. The monoisotopic (exact) mass is 451 g/mol. The number of carbonyl (C=O) groups is 3. The molecule has 0 aromatic heterocycles. The number of rotatable bonds is 9. The highest BCUT2D eigenvalue weighted by atomic mass is 16.5. The molecule has 2 aliphatic rings. The van der Waals surface area contributed by atoms with Gasteiger partial charge in [-0.05, 0) is 48.7 Å². The lowest BCUT2D eigenvalue weighted by molar-refractivity contribution is -0.142. The van der Waals surface area contributed by atoms with E-state index in [0.717, 1.165) is 11.1 Å². The van der Waals surface area contributed by atoms with Crippen molar-refractivity contribution >= 4 is 18.0 Å². The molecule has 0 spiro atoms. The number of likely N-dealkylation sites (N-methyl/N-ethyl adjacent to an activating group) is 1. The van der Waals surface area contributed by atoms with Gasteiger partial charge in [-0.3, -0.25) is 4.79 Å². The predicted octanol–water partition coefficient (Wildman–Crippen LogP) is 2.29. The van der Waals surface area contributed by atoms with Gasteiger partial charge in [-0.25, -0.2) is 9.59 Å². The Morgan fingerprint density at radius 3 is 2.24 bits per heavy atom. The van der Waals surface area contributed by atoms with Crippen LogP contribution in [0.25, 0.3) is 11.1 Å². The fourth-order valence-electron chi connectivity index (χ4n) is 4.49. The van der Waals surface area contributed by atoms with Crippen molar-refractivity contribution in [3.05, 3.63) is 59.7 Å². The SMILES string of the molecule is CN(C)C[C@H](NC(=O)C1CC1CNC(=O)OCC1c2ccccc2-c2ccccc21)C(=O)O. The minimum atomic E-state index is -1.06. The minimum absolute atomic E-state index is 0.00718. The maximum atomic E-state index is 12.4. The van der Waals surface area contributed by atoms with Crippen molar-refractivity contribution < 1.29 is 24.2 Å². The van der Waals surface area contributed by atoms with Crippen LogP contribution in [0.3, 0.4) is 0 Å². The Labute approximate surface area is 192 Å². The number of carboxylic acid groups (broad SMARTS) is 1. The van der Waals surface area contributed by atoms with Crippen LogP contribution in [-0.2, 0) is 14.3 Å². The average Bonchev–Trinajstić information content (AvgIpc) is 3.51. The van der Waals surface area contributed by atoms with Gasteiger partial charge in [0.2, 0.25) is 5.91 Å². The summed E-state index contributed by atoms with van der Waals surface area (Å²) in [5.41, 5.74) is 4.64. The lowest BCUT2D eigenvalue weighted by Gasteiger charge is -2.18. The molecule has 2 aromatic carbocycles. The van der Waals surface area contributed by atoms with Crippen LogP contribution in [-0.4, -0.2) is 67.8 Å². The van der Waals surface area contributed by atoms with Gasteiger partial charge in [0, 0.05) is 24.9 Å². The van der Waals surface area contributed by atoms with Gasteiger partial charge < -0.3 is 25.4 Å². The van der Waals surface area contributed by atoms with E-state index in [4.69, 9.17) is 4.74 Å². The number of nitrogens with zero attached hydrogens (tertiary/aromatic N) is 1. The van der Waals surface area contributed by atoms with Crippen LogP contribution >= 0.6 is 0 Å². The molecule has 0 heterocycles. The number of nitrogens with one attached hydrogen (secondary N) is 2. The second-order valence-electron chi connectivity index (χ2n) is 8.97. The first kappa shape index (κ1) is 22.8. The summed E-state index contributed by atoms with van der Waals surface area (Å²) >= 11 is 0. The molecule has 1 saturated carbocycles. The van der Waals surface area contributed by atoms with Crippen LogP contribution in [0.2, 0.25) is 0 Å². The van der Waals surface area contributed by atoms with Crippen molar-refractivity contribution in [1.82, 2.24) is 15.5 Å². The molecule has 33 heavy (non-hydrogen) atoms. The summed E-state index contributed by atoms with van der Waals surface area (Å²) in [7, 11) is 3.50. The fourth-order valence-corrected chi connectivity index (χ4v) is 4.49. The highest BCUT2D eigenvalue weighted by molar-refractivity contribution is 5.87. The van der Waals surface area contributed by atoms with Gasteiger partial charge in [0.1, 0.15) is 12.6 Å². The van der Waals surface area contributed by atoms with Gasteiger partial charge in [0.05, 0.1) is 0 Å². The number of aliphatic carboxylic acids is 1. The van der Waals surface area contributed by atoms with Gasteiger partial charge >= 0.3 is 12.1 Å². The van der Waals surface area contributed by atoms with Crippen LogP contribution in [0.15, 0.2) is 48.5 Å². The van der Waals surface area contributed by atoms with E-state index in [-0.39, 0.29) is 36.8 Å². The first-order valence-corrected chi connectivity index (χ1v) is 11.1. The van der Waals surface area contributed by atoms with Gasteiger partial charge in [0.15, 0.2) is 0 Å². The predicted molar refractivity (Wildman–Crippen MR) is 123 cm³/mol. The molecule has 8 heteroatoms. The molecule has 0 radical (unpaired) electrons. The van der Waals surface area contributed by atoms with Crippen molar-refractivity contribution in [2.75, 3.05) is 33.8 Å². The molecule has 3 atom stereocenters. The molecule has 0 saturated heterocycles. The van der Waals surface area contributed by atoms with Crippen LogP contribution in [0, 0.1) is 11.8 Å². The highest BCUT2D eigenvalue weighted by Crippen LogP contribution is 2.44. The van der Waals surface area contributed by atoms with E-state index in [2.05, 4.69) is 34.9 Å². The lowest BCUT2D eigenvalue weighted by Crippen LogP contribution is -2.47. The third-order valence-electron chi connectivity index (χ3n) is 6.27. The Kier molecular flexibility index (Phi) is 6.65. The molecule has 0 bridgehead atoms. The van der Waals surface area contributed by atoms with Crippen molar-refractivity contribution in [3.63, 3.8) is 0 Å². The molecule has 3 N–H and O–H groups in total. The zero-order valence-electron chi connectivity index (χ0n) is 18.8. The molecule has 2 aliphatic carbocycles. The number of carbonyl (C=O) groups excluding carboxylic acids is 2.